The highest BCUT2D eigenvalue weighted by atomic mass is 16.5. The summed E-state index contributed by atoms with van der Waals surface area (Å²) >= 11 is 0. The van der Waals surface area contributed by atoms with Gasteiger partial charge in [0.1, 0.15) is 5.76 Å². The van der Waals surface area contributed by atoms with Crippen LogP contribution < -0.4 is 14.9 Å². The SMILES string of the molecule is COc1cc([C@H](CC(=O)N2CCc3c([nH]c4ccccc34)C2)c2oc(C)cc(=O)c2O)ccc1OCC(=O)O. The minimum Gasteiger partial charge on any atom is -0.502 e. The smallest absolute Gasteiger partial charge is 0.341 e. The zero-order valence-corrected chi connectivity index (χ0v) is 21.5. The van der Waals surface area contributed by atoms with Gasteiger partial charge >= 0.3 is 5.97 Å². The van der Waals surface area contributed by atoms with Crippen LogP contribution in [0.4, 0.5) is 0 Å². The van der Waals surface area contributed by atoms with E-state index in [-0.39, 0.29) is 29.6 Å². The summed E-state index contributed by atoms with van der Waals surface area (Å²) in [6, 6.07) is 14.0. The average molecular weight is 533 g/mol. The Morgan fingerprint density at radius 2 is 1.95 bits per heavy atom. The zero-order valence-electron chi connectivity index (χ0n) is 21.5. The van der Waals surface area contributed by atoms with Crippen LogP contribution in [0.25, 0.3) is 10.9 Å². The van der Waals surface area contributed by atoms with Crippen molar-refractivity contribution in [2.24, 2.45) is 0 Å². The first-order valence-corrected chi connectivity index (χ1v) is 12.5. The van der Waals surface area contributed by atoms with Crippen molar-refractivity contribution < 1.29 is 33.7 Å². The summed E-state index contributed by atoms with van der Waals surface area (Å²) in [6.07, 6.45) is 0.609. The topological polar surface area (TPSA) is 142 Å². The minimum absolute atomic E-state index is 0.0297. The van der Waals surface area contributed by atoms with E-state index in [0.29, 0.717) is 30.8 Å². The number of aromatic nitrogens is 1. The maximum atomic E-state index is 13.6. The Balaban J connectivity index is 1.48. The number of amides is 1. The molecule has 0 fully saturated rings. The molecule has 0 bridgehead atoms. The van der Waals surface area contributed by atoms with Gasteiger partial charge in [-0.3, -0.25) is 9.59 Å². The summed E-state index contributed by atoms with van der Waals surface area (Å²) in [5, 5.41) is 20.8. The molecule has 0 saturated heterocycles. The highest BCUT2D eigenvalue weighted by Gasteiger charge is 2.31. The van der Waals surface area contributed by atoms with E-state index >= 15 is 0 Å². The van der Waals surface area contributed by atoms with Crippen LogP contribution in [0.3, 0.4) is 0 Å². The minimum atomic E-state index is -1.14. The molecule has 2 aromatic carbocycles. The van der Waals surface area contributed by atoms with Crippen molar-refractivity contribution in [1.29, 1.82) is 0 Å². The highest BCUT2D eigenvalue weighted by molar-refractivity contribution is 5.86. The van der Waals surface area contributed by atoms with Crippen LogP contribution in [0.1, 0.15) is 40.7 Å². The number of para-hydroxylation sites is 1. The molecular weight excluding hydrogens is 504 g/mol. The fourth-order valence-electron chi connectivity index (χ4n) is 5.09. The van der Waals surface area contributed by atoms with E-state index in [1.807, 2.05) is 18.2 Å². The second-order valence-corrected chi connectivity index (χ2v) is 9.48. The maximum absolute atomic E-state index is 13.6. The predicted octanol–water partition coefficient (Wildman–Crippen LogP) is 3.71. The number of aliphatic carboxylic acids is 1. The number of carboxylic acid groups (broad SMARTS) is 1. The van der Waals surface area contributed by atoms with Crippen molar-refractivity contribution >= 4 is 22.8 Å². The van der Waals surface area contributed by atoms with Crippen molar-refractivity contribution in [3.05, 3.63) is 87.1 Å². The van der Waals surface area contributed by atoms with Gasteiger partial charge in [0.05, 0.1) is 19.6 Å². The Bertz CT molecular complexity index is 1620. The summed E-state index contributed by atoms with van der Waals surface area (Å²) < 4.78 is 16.5. The molecule has 10 nitrogen and oxygen atoms in total. The third kappa shape index (κ3) is 5.18. The van der Waals surface area contributed by atoms with Crippen LogP contribution in [0.15, 0.2) is 57.7 Å². The summed E-state index contributed by atoms with van der Waals surface area (Å²) in [4.78, 5) is 42.2. The first kappa shape index (κ1) is 25.9. The predicted molar refractivity (Wildman–Crippen MR) is 141 cm³/mol. The van der Waals surface area contributed by atoms with Crippen molar-refractivity contribution in [3.63, 3.8) is 0 Å². The van der Waals surface area contributed by atoms with Crippen LogP contribution in [0, 0.1) is 6.92 Å². The van der Waals surface area contributed by atoms with Crippen LogP contribution in [0.2, 0.25) is 0 Å². The second kappa shape index (κ2) is 10.6. The van der Waals surface area contributed by atoms with Gasteiger partial charge in [0.2, 0.25) is 17.1 Å². The third-order valence-electron chi connectivity index (χ3n) is 6.94. The number of H-pyrrole nitrogens is 1. The molecule has 3 N–H and O–H groups in total. The molecule has 4 aromatic rings. The van der Waals surface area contributed by atoms with Gasteiger partial charge in [-0.25, -0.2) is 4.79 Å². The molecule has 3 heterocycles. The molecule has 39 heavy (non-hydrogen) atoms. The molecule has 10 heteroatoms. The van der Waals surface area contributed by atoms with Crippen molar-refractivity contribution in [1.82, 2.24) is 9.88 Å². The monoisotopic (exact) mass is 532 g/mol. The number of carboxylic acids is 1. The molecule has 2 aromatic heterocycles. The number of hydrogen-bond donors (Lipinski definition) is 3. The van der Waals surface area contributed by atoms with Crippen molar-refractivity contribution in [2.75, 3.05) is 20.3 Å². The van der Waals surface area contributed by atoms with Crippen LogP contribution in [-0.2, 0) is 22.6 Å². The Labute approximate surface area is 223 Å². The Kier molecular flexibility index (Phi) is 7.02. The maximum Gasteiger partial charge on any atom is 0.341 e. The van der Waals surface area contributed by atoms with E-state index in [1.165, 1.54) is 24.8 Å². The number of rotatable bonds is 8. The third-order valence-corrected chi connectivity index (χ3v) is 6.94. The number of carbonyl (C=O) groups is 2. The molecule has 1 aliphatic rings. The van der Waals surface area contributed by atoms with Gasteiger partial charge < -0.3 is 34.0 Å². The van der Waals surface area contributed by atoms with E-state index in [4.69, 9.17) is 19.0 Å². The second-order valence-electron chi connectivity index (χ2n) is 9.48. The lowest BCUT2D eigenvalue weighted by molar-refractivity contribution is -0.139. The molecule has 1 atom stereocenters. The molecule has 0 unspecified atom stereocenters. The molecular formula is C29H28N2O8. The lowest BCUT2D eigenvalue weighted by atomic mass is 9.90. The normalized spacial score (nSPS) is 13.6. The van der Waals surface area contributed by atoms with Gasteiger partial charge in [-0.05, 0) is 42.7 Å². The molecule has 1 aliphatic heterocycles. The molecule has 0 radical (unpaired) electrons. The van der Waals surface area contributed by atoms with Crippen LogP contribution in [0.5, 0.6) is 17.2 Å². The highest BCUT2D eigenvalue weighted by Crippen LogP contribution is 2.38. The summed E-state index contributed by atoms with van der Waals surface area (Å²) in [7, 11) is 1.41. The Hall–Kier alpha value is -4.73. The van der Waals surface area contributed by atoms with E-state index in [2.05, 4.69) is 11.1 Å². The quantitative estimate of drug-likeness (QED) is 0.312. The van der Waals surface area contributed by atoms with Gasteiger partial charge in [0.15, 0.2) is 23.9 Å². The number of methoxy groups -OCH3 is 1. The van der Waals surface area contributed by atoms with Crippen LogP contribution >= 0.6 is 0 Å². The standard InChI is InChI=1S/C29H28N2O8/c1-16-11-23(32)28(36)29(39-16)20(17-7-8-24(25(12-17)37-2)38-15-27(34)35)13-26(33)31-10-9-19-18-5-3-4-6-21(18)30-22(19)14-31/h3-8,11-12,20,30,36H,9-10,13-15H2,1-2H3,(H,34,35)/t20-/m0/s1. The van der Waals surface area contributed by atoms with Gasteiger partial charge in [-0.2, -0.15) is 0 Å². The summed E-state index contributed by atoms with van der Waals surface area (Å²) in [5.41, 5.74) is 3.13. The lowest BCUT2D eigenvalue weighted by Crippen LogP contribution is -2.36. The summed E-state index contributed by atoms with van der Waals surface area (Å²) in [6.45, 7) is 1.96. The average Bonchev–Trinajstić information content (AvgIpc) is 3.30. The van der Waals surface area contributed by atoms with E-state index in [9.17, 15) is 19.5 Å². The Morgan fingerprint density at radius 3 is 2.72 bits per heavy atom. The molecule has 202 valence electrons. The first-order valence-electron chi connectivity index (χ1n) is 12.5. The number of aromatic hydroxyl groups is 1. The number of nitrogens with zero attached hydrogens (tertiary/aromatic N) is 1. The molecule has 5 rings (SSSR count). The summed E-state index contributed by atoms with van der Waals surface area (Å²) in [5.74, 6) is -2.02. The number of aryl methyl sites for hydroxylation is 1. The fourth-order valence-corrected chi connectivity index (χ4v) is 5.09. The van der Waals surface area contributed by atoms with E-state index in [1.54, 1.807) is 24.0 Å². The number of nitrogens with one attached hydrogen (secondary N) is 1. The number of aromatic amines is 1. The van der Waals surface area contributed by atoms with Crippen molar-refractivity contribution in [2.45, 2.75) is 32.2 Å². The number of fused-ring (bicyclic) bond motifs is 3. The molecule has 1 amide bonds. The number of benzene rings is 2. The lowest BCUT2D eigenvalue weighted by Gasteiger charge is -2.29. The number of ether oxygens (including phenoxy) is 2. The molecule has 0 saturated carbocycles. The van der Waals surface area contributed by atoms with Gasteiger partial charge in [-0.1, -0.05) is 24.3 Å². The van der Waals surface area contributed by atoms with Gasteiger partial charge in [0.25, 0.3) is 0 Å². The van der Waals surface area contributed by atoms with E-state index in [0.717, 1.165) is 16.6 Å². The molecule has 0 spiro atoms. The largest absolute Gasteiger partial charge is 0.502 e. The van der Waals surface area contributed by atoms with Crippen molar-refractivity contribution in [3.8, 4) is 17.2 Å². The van der Waals surface area contributed by atoms with Crippen LogP contribution in [-0.4, -0.2) is 52.2 Å². The number of hydrogen-bond acceptors (Lipinski definition) is 7. The molecule has 0 aliphatic carbocycles. The zero-order chi connectivity index (χ0) is 27.7. The number of carbonyl (C=O) groups excluding carboxylic acids is 1. The van der Waals surface area contributed by atoms with E-state index < -0.39 is 29.7 Å². The van der Waals surface area contributed by atoms with Gasteiger partial charge in [0, 0.05) is 35.6 Å². The fraction of sp³-hybridized carbons (Fsp3) is 0.276. The Morgan fingerprint density at radius 1 is 1.15 bits per heavy atom. The first-order chi connectivity index (χ1) is 18.7. The van der Waals surface area contributed by atoms with Gasteiger partial charge in [-0.15, -0.1) is 0 Å².